The highest BCUT2D eigenvalue weighted by Gasteiger charge is 2.41. The van der Waals surface area contributed by atoms with Crippen LogP contribution in [-0.4, -0.2) is 106 Å². The molecule has 0 aliphatic heterocycles. The first-order valence-corrected chi connectivity index (χ1v) is 19.2. The molecule has 1 aliphatic rings. The Hall–Kier alpha value is -7.11. The van der Waals surface area contributed by atoms with Gasteiger partial charge in [-0.1, -0.05) is 91.0 Å². The monoisotopic (exact) mass is 828 g/mol. The maximum absolute atomic E-state index is 14.1. The summed E-state index contributed by atoms with van der Waals surface area (Å²) in [7, 11) is 0. The summed E-state index contributed by atoms with van der Waals surface area (Å²) in [4.78, 5) is 116. The molecular formula is C42H48N6O12. The molecule has 18 nitrogen and oxygen atoms in total. The molecule has 3 aromatic rings. The van der Waals surface area contributed by atoms with Crippen LogP contribution in [0, 0.1) is 17.8 Å². The lowest BCUT2D eigenvalue weighted by molar-refractivity contribution is -0.140. The van der Waals surface area contributed by atoms with Gasteiger partial charge in [0.2, 0.25) is 35.4 Å². The molecule has 4 rings (SSSR count). The van der Waals surface area contributed by atoms with Crippen LogP contribution in [0.2, 0.25) is 0 Å². The van der Waals surface area contributed by atoms with Crippen molar-refractivity contribution in [3.8, 4) is 0 Å². The number of nitrogens with one attached hydrogen (secondary N) is 6. The molecule has 1 aliphatic carbocycles. The highest BCUT2D eigenvalue weighted by atomic mass is 16.4. The van der Waals surface area contributed by atoms with Crippen molar-refractivity contribution < 1.29 is 58.5 Å². The molecule has 0 radical (unpaired) electrons. The molecule has 0 heterocycles. The van der Waals surface area contributed by atoms with E-state index >= 15 is 0 Å². The topological polar surface area (TPSA) is 286 Å². The number of amides is 6. The first-order chi connectivity index (χ1) is 28.7. The van der Waals surface area contributed by atoms with Crippen molar-refractivity contribution in [3.05, 3.63) is 108 Å². The van der Waals surface area contributed by atoms with Gasteiger partial charge in [0.15, 0.2) is 0 Å². The minimum absolute atomic E-state index is 0.0299. The van der Waals surface area contributed by atoms with Crippen molar-refractivity contribution in [1.82, 2.24) is 31.9 Å². The highest BCUT2D eigenvalue weighted by molar-refractivity contribution is 5.94. The van der Waals surface area contributed by atoms with Crippen LogP contribution < -0.4 is 31.9 Å². The Balaban J connectivity index is 1.63. The number of carbonyl (C=O) groups excluding carboxylic acids is 6. The van der Waals surface area contributed by atoms with E-state index in [0.29, 0.717) is 16.7 Å². The summed E-state index contributed by atoms with van der Waals surface area (Å²) < 4.78 is 0. The number of aliphatic carboxylic acids is 3. The normalized spacial score (nSPS) is 17.3. The molecule has 0 aromatic heterocycles. The first kappa shape index (κ1) is 45.6. The molecule has 6 amide bonds. The molecule has 0 unspecified atom stereocenters. The molecule has 1 fully saturated rings. The van der Waals surface area contributed by atoms with Crippen molar-refractivity contribution >= 4 is 53.4 Å². The van der Waals surface area contributed by atoms with Crippen molar-refractivity contribution in [2.24, 2.45) is 17.8 Å². The van der Waals surface area contributed by atoms with E-state index in [1.165, 1.54) is 0 Å². The van der Waals surface area contributed by atoms with Crippen LogP contribution in [-0.2, 0) is 62.4 Å². The van der Waals surface area contributed by atoms with Crippen LogP contribution in [0.1, 0.15) is 36.0 Å². The van der Waals surface area contributed by atoms with Gasteiger partial charge in [-0.15, -0.1) is 0 Å². The summed E-state index contributed by atoms with van der Waals surface area (Å²) >= 11 is 0. The largest absolute Gasteiger partial charge is 0.480 e. The predicted molar refractivity (Wildman–Crippen MR) is 212 cm³/mol. The van der Waals surface area contributed by atoms with Crippen molar-refractivity contribution in [2.45, 2.75) is 56.7 Å². The van der Waals surface area contributed by atoms with Crippen LogP contribution in [0.5, 0.6) is 0 Å². The fourth-order valence-corrected chi connectivity index (χ4v) is 6.86. The van der Waals surface area contributed by atoms with E-state index in [-0.39, 0.29) is 38.5 Å². The smallest absolute Gasteiger partial charge is 0.322 e. The van der Waals surface area contributed by atoms with Gasteiger partial charge in [-0.3, -0.25) is 43.2 Å². The average molecular weight is 829 g/mol. The number of rotatable bonds is 21. The lowest BCUT2D eigenvalue weighted by Crippen LogP contribution is -2.55. The second-order valence-corrected chi connectivity index (χ2v) is 14.4. The quantitative estimate of drug-likeness (QED) is 0.0676. The number of hydrogen-bond donors (Lipinski definition) is 9. The molecule has 0 spiro atoms. The molecular weight excluding hydrogens is 780 g/mol. The van der Waals surface area contributed by atoms with Crippen LogP contribution >= 0.6 is 0 Å². The van der Waals surface area contributed by atoms with Gasteiger partial charge in [-0.2, -0.15) is 0 Å². The Morgan fingerprint density at radius 2 is 0.650 bits per heavy atom. The van der Waals surface area contributed by atoms with Gasteiger partial charge in [-0.25, -0.2) is 0 Å². The number of carboxylic acid groups (broad SMARTS) is 3. The predicted octanol–water partition coefficient (Wildman–Crippen LogP) is -0.196. The molecule has 18 heteroatoms. The van der Waals surface area contributed by atoms with E-state index in [4.69, 9.17) is 15.3 Å². The Kier molecular flexibility index (Phi) is 17.3. The molecule has 1 saturated carbocycles. The maximum atomic E-state index is 14.1. The van der Waals surface area contributed by atoms with Crippen molar-refractivity contribution in [3.63, 3.8) is 0 Å². The third-order valence-electron chi connectivity index (χ3n) is 9.81. The lowest BCUT2D eigenvalue weighted by atomic mass is 9.73. The Labute approximate surface area is 344 Å². The van der Waals surface area contributed by atoms with E-state index < -0.39 is 109 Å². The Morgan fingerprint density at radius 1 is 0.417 bits per heavy atom. The van der Waals surface area contributed by atoms with Crippen LogP contribution in [0.15, 0.2) is 91.0 Å². The minimum atomic E-state index is -1.31. The lowest BCUT2D eigenvalue weighted by Gasteiger charge is -2.35. The third-order valence-corrected chi connectivity index (χ3v) is 9.81. The maximum Gasteiger partial charge on any atom is 0.322 e. The van der Waals surface area contributed by atoms with E-state index in [0.717, 1.165) is 0 Å². The molecule has 0 saturated heterocycles. The molecule has 60 heavy (non-hydrogen) atoms. The fraction of sp³-hybridized carbons (Fsp3) is 0.357. The van der Waals surface area contributed by atoms with Crippen LogP contribution in [0.3, 0.4) is 0 Å². The van der Waals surface area contributed by atoms with Gasteiger partial charge in [0, 0.05) is 37.0 Å². The standard InChI is InChI=1S/C42H48N6O12/c49-34(50)22-43-40(58)31(16-25-10-4-1-5-11-25)46-37(55)28-19-29(38(56)47-32(41(59)44-23-35(51)52)17-26-12-6-2-7-13-26)21-30(20-28)39(57)48-33(42(60)45-24-36(53)54)18-27-14-8-3-9-15-27/h1-15,28-33H,16-24H2,(H,43,58)(H,44,59)(H,45,60)(H,46,55)(H,47,56)(H,48,57)(H,49,50)(H,51,52)(H,53,54)/t28?,29?,30?,31-,32-,33-/m0/s1. The van der Waals surface area contributed by atoms with Crippen LogP contribution in [0.4, 0.5) is 0 Å². The summed E-state index contributed by atoms with van der Waals surface area (Å²) in [6.45, 7) is -2.16. The van der Waals surface area contributed by atoms with Gasteiger partial charge < -0.3 is 47.2 Å². The average Bonchev–Trinajstić information content (AvgIpc) is 3.23. The van der Waals surface area contributed by atoms with Gasteiger partial charge in [0.05, 0.1) is 0 Å². The molecule has 9 N–H and O–H groups in total. The summed E-state index contributed by atoms with van der Waals surface area (Å²) in [5, 5.41) is 42.3. The summed E-state index contributed by atoms with van der Waals surface area (Å²) in [5.41, 5.74) is 1.92. The number of carbonyl (C=O) groups is 9. The SMILES string of the molecule is O=C(O)CNC(=O)[C@H](Cc1ccccc1)NC(=O)C1CC(C(=O)N[C@@H](Cc2ccccc2)C(=O)NCC(=O)O)CC(C(=O)N[C@@H](Cc2ccccc2)C(=O)NCC(=O)O)C1. The van der Waals surface area contributed by atoms with E-state index in [2.05, 4.69) is 31.9 Å². The Morgan fingerprint density at radius 3 is 0.867 bits per heavy atom. The second-order valence-electron chi connectivity index (χ2n) is 14.4. The van der Waals surface area contributed by atoms with E-state index in [9.17, 15) is 43.2 Å². The first-order valence-electron chi connectivity index (χ1n) is 19.2. The summed E-state index contributed by atoms with van der Waals surface area (Å²) in [6.07, 6.45) is -0.555. The van der Waals surface area contributed by atoms with E-state index in [1.807, 2.05) is 0 Å². The van der Waals surface area contributed by atoms with Gasteiger partial charge >= 0.3 is 17.9 Å². The van der Waals surface area contributed by atoms with Crippen molar-refractivity contribution in [2.75, 3.05) is 19.6 Å². The van der Waals surface area contributed by atoms with Gasteiger partial charge in [0.1, 0.15) is 37.8 Å². The molecule has 3 aromatic carbocycles. The summed E-state index contributed by atoms with van der Waals surface area (Å²) in [6, 6.07) is 22.0. The van der Waals surface area contributed by atoms with Crippen molar-refractivity contribution in [1.29, 1.82) is 0 Å². The zero-order valence-electron chi connectivity index (χ0n) is 32.5. The zero-order chi connectivity index (χ0) is 43.6. The number of carboxylic acids is 3. The third kappa shape index (κ3) is 15.0. The number of hydrogen-bond acceptors (Lipinski definition) is 9. The van der Waals surface area contributed by atoms with Gasteiger partial charge in [-0.05, 0) is 36.0 Å². The number of benzene rings is 3. The Bertz CT molecular complexity index is 1770. The summed E-state index contributed by atoms with van der Waals surface area (Å²) in [5.74, 6) is -11.8. The van der Waals surface area contributed by atoms with Gasteiger partial charge in [0.25, 0.3) is 0 Å². The highest BCUT2D eigenvalue weighted by Crippen LogP contribution is 2.35. The second kappa shape index (κ2) is 22.7. The van der Waals surface area contributed by atoms with Crippen LogP contribution in [0.25, 0.3) is 0 Å². The molecule has 318 valence electrons. The minimum Gasteiger partial charge on any atom is -0.480 e. The molecule has 3 atom stereocenters. The fourth-order valence-electron chi connectivity index (χ4n) is 6.86. The van der Waals surface area contributed by atoms with E-state index in [1.54, 1.807) is 91.0 Å². The molecule has 0 bridgehead atoms. The zero-order valence-corrected chi connectivity index (χ0v) is 32.5.